The number of para-hydroxylation sites is 1. The molecule has 3 N–H and O–H groups in total. The maximum atomic E-state index is 12.5. The molecule has 5 heteroatoms. The van der Waals surface area contributed by atoms with Crippen LogP contribution in [0.2, 0.25) is 0 Å². The summed E-state index contributed by atoms with van der Waals surface area (Å²) in [6.45, 7) is 2.54. The molecule has 3 rings (SSSR count). The molecule has 122 valence electrons. The summed E-state index contributed by atoms with van der Waals surface area (Å²) in [5, 5.41) is 3.14. The Hall–Kier alpha value is -1.26. The number of hydrogen-bond acceptors (Lipinski definition) is 3. The zero-order chi connectivity index (χ0) is 14.9. The number of nitrogens with two attached hydrogens (primary N) is 1. The highest BCUT2D eigenvalue weighted by Gasteiger charge is 2.38. The molecular formula is C17H25ClN2O2. The maximum Gasteiger partial charge on any atom is 0.225 e. The van der Waals surface area contributed by atoms with E-state index in [1.807, 2.05) is 25.1 Å². The Kier molecular flexibility index (Phi) is 5.35. The lowest BCUT2D eigenvalue weighted by Gasteiger charge is -2.38. The molecule has 3 unspecified atom stereocenters. The minimum atomic E-state index is -0.379. The van der Waals surface area contributed by atoms with Crippen LogP contribution < -0.4 is 15.8 Å². The van der Waals surface area contributed by atoms with Gasteiger partial charge in [0.25, 0.3) is 0 Å². The van der Waals surface area contributed by atoms with Gasteiger partial charge in [0, 0.05) is 5.54 Å². The molecule has 1 aliphatic carbocycles. The Bertz CT molecular complexity index is 533. The van der Waals surface area contributed by atoms with Crippen LogP contribution in [0.5, 0.6) is 5.75 Å². The lowest BCUT2D eigenvalue weighted by Crippen LogP contribution is -2.55. The number of carbonyl (C=O) groups is 1. The predicted molar refractivity (Wildman–Crippen MR) is 89.4 cm³/mol. The quantitative estimate of drug-likeness (QED) is 0.878. The van der Waals surface area contributed by atoms with Crippen molar-refractivity contribution in [2.24, 2.45) is 11.7 Å². The van der Waals surface area contributed by atoms with E-state index in [0.717, 1.165) is 43.4 Å². The summed E-state index contributed by atoms with van der Waals surface area (Å²) in [4.78, 5) is 12.5. The minimum absolute atomic E-state index is 0. The van der Waals surface area contributed by atoms with Gasteiger partial charge in [-0.3, -0.25) is 4.79 Å². The molecule has 0 saturated heterocycles. The van der Waals surface area contributed by atoms with Crippen molar-refractivity contribution in [1.29, 1.82) is 0 Å². The molecule has 0 spiro atoms. The molecule has 1 amide bonds. The minimum Gasteiger partial charge on any atom is -0.491 e. The molecular weight excluding hydrogens is 300 g/mol. The Morgan fingerprint density at radius 2 is 2.14 bits per heavy atom. The molecule has 1 saturated carbocycles. The third-order valence-electron chi connectivity index (χ3n) is 4.80. The summed E-state index contributed by atoms with van der Waals surface area (Å²) in [5.74, 6) is 0.945. The Labute approximate surface area is 138 Å². The fraction of sp³-hybridized carbons (Fsp3) is 0.588. The van der Waals surface area contributed by atoms with Crippen molar-refractivity contribution in [3.8, 4) is 5.75 Å². The monoisotopic (exact) mass is 324 g/mol. The van der Waals surface area contributed by atoms with Crippen molar-refractivity contribution in [2.75, 3.05) is 6.61 Å². The number of amides is 1. The van der Waals surface area contributed by atoms with Crippen molar-refractivity contribution >= 4 is 18.3 Å². The number of benzene rings is 1. The number of hydrogen-bond donors (Lipinski definition) is 2. The molecule has 0 radical (unpaired) electrons. The molecule has 0 bridgehead atoms. The number of halogens is 1. The van der Waals surface area contributed by atoms with Gasteiger partial charge in [-0.1, -0.05) is 31.0 Å². The first-order valence-electron chi connectivity index (χ1n) is 7.86. The van der Waals surface area contributed by atoms with Crippen LogP contribution in [0.15, 0.2) is 24.3 Å². The van der Waals surface area contributed by atoms with Crippen molar-refractivity contribution in [3.63, 3.8) is 0 Å². The second-order valence-electron chi connectivity index (χ2n) is 6.63. The first kappa shape index (κ1) is 17.1. The molecule has 1 aromatic carbocycles. The van der Waals surface area contributed by atoms with E-state index in [4.69, 9.17) is 10.5 Å². The van der Waals surface area contributed by atoms with Crippen molar-refractivity contribution in [3.05, 3.63) is 29.8 Å². The molecule has 2 aliphatic rings. The van der Waals surface area contributed by atoms with Gasteiger partial charge in [-0.15, -0.1) is 12.4 Å². The van der Waals surface area contributed by atoms with E-state index in [1.54, 1.807) is 0 Å². The average molecular weight is 325 g/mol. The molecule has 1 fully saturated rings. The van der Waals surface area contributed by atoms with Crippen LogP contribution in [0, 0.1) is 5.92 Å². The van der Waals surface area contributed by atoms with Crippen LogP contribution in [0.25, 0.3) is 0 Å². The molecule has 1 aromatic rings. The van der Waals surface area contributed by atoms with Gasteiger partial charge in [-0.05, 0) is 37.8 Å². The second kappa shape index (κ2) is 6.88. The first-order chi connectivity index (χ1) is 10.1. The van der Waals surface area contributed by atoms with Gasteiger partial charge in [0.15, 0.2) is 0 Å². The largest absolute Gasteiger partial charge is 0.491 e. The van der Waals surface area contributed by atoms with Gasteiger partial charge in [0.05, 0.1) is 12.0 Å². The highest BCUT2D eigenvalue weighted by atomic mass is 35.5. The third kappa shape index (κ3) is 3.55. The predicted octanol–water partition coefficient (Wildman–Crippen LogP) is 2.44. The fourth-order valence-electron chi connectivity index (χ4n) is 3.51. The van der Waals surface area contributed by atoms with Gasteiger partial charge >= 0.3 is 0 Å². The maximum absolute atomic E-state index is 12.5. The molecule has 22 heavy (non-hydrogen) atoms. The molecule has 3 atom stereocenters. The van der Waals surface area contributed by atoms with Gasteiger partial charge in [-0.2, -0.15) is 0 Å². The summed E-state index contributed by atoms with van der Waals surface area (Å²) in [7, 11) is 0. The topological polar surface area (TPSA) is 64.4 Å². The lowest BCUT2D eigenvalue weighted by molar-refractivity contribution is -0.129. The Morgan fingerprint density at radius 3 is 2.91 bits per heavy atom. The zero-order valence-corrected chi connectivity index (χ0v) is 13.8. The Balaban J connectivity index is 0.00000176. The number of ether oxygens (including phenoxy) is 1. The summed E-state index contributed by atoms with van der Waals surface area (Å²) in [6, 6.07) is 8.06. The average Bonchev–Trinajstić information content (AvgIpc) is 2.46. The SMILES string of the molecule is CC1(N)CCCCC1C(=O)NC1COc2ccccc2C1.Cl. The summed E-state index contributed by atoms with van der Waals surface area (Å²) in [6.07, 6.45) is 4.86. The highest BCUT2D eigenvalue weighted by Crippen LogP contribution is 2.32. The van der Waals surface area contributed by atoms with Gasteiger partial charge in [-0.25, -0.2) is 0 Å². The molecule has 0 aromatic heterocycles. The van der Waals surface area contributed by atoms with E-state index in [0.29, 0.717) is 6.61 Å². The first-order valence-corrected chi connectivity index (χ1v) is 7.86. The van der Waals surface area contributed by atoms with Crippen LogP contribution in [0.1, 0.15) is 38.2 Å². The number of nitrogens with one attached hydrogen (secondary N) is 1. The fourth-order valence-corrected chi connectivity index (χ4v) is 3.51. The smallest absolute Gasteiger partial charge is 0.225 e. The Morgan fingerprint density at radius 1 is 1.36 bits per heavy atom. The van der Waals surface area contributed by atoms with Crippen LogP contribution in [0.3, 0.4) is 0 Å². The van der Waals surface area contributed by atoms with E-state index in [2.05, 4.69) is 11.4 Å². The number of carbonyl (C=O) groups excluding carboxylic acids is 1. The summed E-state index contributed by atoms with van der Waals surface area (Å²) in [5.41, 5.74) is 7.09. The van der Waals surface area contributed by atoms with Gasteiger partial charge in [0.2, 0.25) is 5.91 Å². The second-order valence-corrected chi connectivity index (χ2v) is 6.63. The van der Waals surface area contributed by atoms with Crippen molar-refractivity contribution < 1.29 is 9.53 Å². The number of fused-ring (bicyclic) bond motifs is 1. The van der Waals surface area contributed by atoms with Crippen molar-refractivity contribution in [2.45, 2.75) is 50.6 Å². The van der Waals surface area contributed by atoms with Gasteiger partial charge < -0.3 is 15.8 Å². The normalized spacial score (nSPS) is 30.5. The van der Waals surface area contributed by atoms with Crippen LogP contribution >= 0.6 is 12.4 Å². The number of rotatable bonds is 2. The van der Waals surface area contributed by atoms with Crippen LogP contribution in [-0.2, 0) is 11.2 Å². The van der Waals surface area contributed by atoms with Crippen LogP contribution in [-0.4, -0.2) is 24.1 Å². The van der Waals surface area contributed by atoms with Crippen LogP contribution in [0.4, 0.5) is 0 Å². The van der Waals surface area contributed by atoms with E-state index < -0.39 is 0 Å². The van der Waals surface area contributed by atoms with Crippen molar-refractivity contribution in [1.82, 2.24) is 5.32 Å². The third-order valence-corrected chi connectivity index (χ3v) is 4.80. The lowest BCUT2D eigenvalue weighted by atomic mass is 9.74. The van der Waals surface area contributed by atoms with E-state index >= 15 is 0 Å². The summed E-state index contributed by atoms with van der Waals surface area (Å²) < 4.78 is 5.73. The molecule has 4 nitrogen and oxygen atoms in total. The van der Waals surface area contributed by atoms with Gasteiger partial charge in [0.1, 0.15) is 12.4 Å². The zero-order valence-electron chi connectivity index (χ0n) is 13.0. The molecule has 1 heterocycles. The van der Waals surface area contributed by atoms with E-state index in [-0.39, 0.29) is 35.8 Å². The van der Waals surface area contributed by atoms with E-state index in [1.165, 1.54) is 0 Å². The summed E-state index contributed by atoms with van der Waals surface area (Å²) >= 11 is 0. The highest BCUT2D eigenvalue weighted by molar-refractivity contribution is 5.85. The standard InChI is InChI=1S/C17H24N2O2.ClH/c1-17(18)9-5-4-7-14(17)16(20)19-13-10-12-6-2-3-8-15(12)21-11-13;/h2-3,6,8,13-14H,4-5,7,9-11,18H2,1H3,(H,19,20);1H. The van der Waals surface area contributed by atoms with E-state index in [9.17, 15) is 4.79 Å². The molecule has 1 aliphatic heterocycles.